The highest BCUT2D eigenvalue weighted by molar-refractivity contribution is 5.95. The molecule has 2 saturated heterocycles. The van der Waals surface area contributed by atoms with Crippen molar-refractivity contribution in [3.8, 4) is 0 Å². The van der Waals surface area contributed by atoms with Crippen molar-refractivity contribution in [2.75, 3.05) is 31.1 Å². The molecule has 2 aliphatic heterocycles. The lowest BCUT2D eigenvalue weighted by Gasteiger charge is -2.32. The minimum absolute atomic E-state index is 0.0489. The second kappa shape index (κ2) is 7.43. The van der Waals surface area contributed by atoms with Crippen molar-refractivity contribution in [2.45, 2.75) is 31.3 Å². The summed E-state index contributed by atoms with van der Waals surface area (Å²) in [4.78, 5) is 14.3. The first kappa shape index (κ1) is 17.1. The standard InChI is InChI=1S/C16H23FN4O3/c17-12-9-10(21-7-5-18-6-8-21)1-2-11(12)15(23)19-13-3-4-14(22)20-16(13)24/h1-2,9,13-14,16,18,20,22,24H,3-8H2,(H,19,23). The largest absolute Gasteiger partial charge is 0.379 e. The Morgan fingerprint density at radius 2 is 2.00 bits per heavy atom. The van der Waals surface area contributed by atoms with Gasteiger partial charge < -0.3 is 25.7 Å². The highest BCUT2D eigenvalue weighted by Crippen LogP contribution is 2.20. The molecule has 1 amide bonds. The molecule has 3 unspecified atom stereocenters. The molecule has 2 aliphatic rings. The van der Waals surface area contributed by atoms with Crippen LogP contribution in [0, 0.1) is 5.82 Å². The van der Waals surface area contributed by atoms with Gasteiger partial charge in [0.2, 0.25) is 0 Å². The lowest BCUT2D eigenvalue weighted by Crippen LogP contribution is -2.56. The van der Waals surface area contributed by atoms with Crippen LogP contribution < -0.4 is 20.9 Å². The van der Waals surface area contributed by atoms with Gasteiger partial charge in [-0.3, -0.25) is 10.1 Å². The maximum atomic E-state index is 14.3. The average Bonchev–Trinajstić information content (AvgIpc) is 2.58. The zero-order chi connectivity index (χ0) is 17.1. The fraction of sp³-hybridized carbons (Fsp3) is 0.562. The summed E-state index contributed by atoms with van der Waals surface area (Å²) in [7, 11) is 0. The van der Waals surface area contributed by atoms with Crippen molar-refractivity contribution < 1.29 is 19.4 Å². The van der Waals surface area contributed by atoms with E-state index >= 15 is 0 Å². The molecule has 0 spiro atoms. The van der Waals surface area contributed by atoms with Crippen molar-refractivity contribution >= 4 is 11.6 Å². The van der Waals surface area contributed by atoms with Crippen LogP contribution in [0.15, 0.2) is 18.2 Å². The highest BCUT2D eigenvalue weighted by atomic mass is 19.1. The van der Waals surface area contributed by atoms with Crippen LogP contribution in [0.25, 0.3) is 0 Å². The number of carbonyl (C=O) groups excluding carboxylic acids is 1. The molecule has 5 N–H and O–H groups in total. The molecule has 2 heterocycles. The van der Waals surface area contributed by atoms with E-state index in [1.807, 2.05) is 0 Å². The summed E-state index contributed by atoms with van der Waals surface area (Å²) in [5.41, 5.74) is 0.709. The molecule has 3 atom stereocenters. The number of aliphatic hydroxyl groups excluding tert-OH is 2. The minimum Gasteiger partial charge on any atom is -0.379 e. The number of halogens is 1. The molecule has 0 radical (unpaired) electrons. The van der Waals surface area contributed by atoms with E-state index in [0.717, 1.165) is 31.9 Å². The van der Waals surface area contributed by atoms with E-state index in [1.165, 1.54) is 12.1 Å². The van der Waals surface area contributed by atoms with Gasteiger partial charge in [0.15, 0.2) is 0 Å². The molecule has 0 aliphatic carbocycles. The summed E-state index contributed by atoms with van der Waals surface area (Å²) in [6.45, 7) is 3.30. The van der Waals surface area contributed by atoms with E-state index in [1.54, 1.807) is 6.07 Å². The van der Waals surface area contributed by atoms with Gasteiger partial charge in [0.05, 0.1) is 11.6 Å². The lowest BCUT2D eigenvalue weighted by molar-refractivity contribution is -0.0161. The monoisotopic (exact) mass is 338 g/mol. The topological polar surface area (TPSA) is 96.9 Å². The Balaban J connectivity index is 1.66. The van der Waals surface area contributed by atoms with Gasteiger partial charge in [0.25, 0.3) is 5.91 Å². The first-order valence-electron chi connectivity index (χ1n) is 8.23. The van der Waals surface area contributed by atoms with Gasteiger partial charge in [-0.25, -0.2) is 4.39 Å². The van der Waals surface area contributed by atoms with Gasteiger partial charge in [0.1, 0.15) is 18.3 Å². The van der Waals surface area contributed by atoms with Gasteiger partial charge in [-0.05, 0) is 31.0 Å². The normalized spacial score (nSPS) is 27.8. The number of aliphatic hydroxyl groups is 2. The molecule has 132 valence electrons. The van der Waals surface area contributed by atoms with Crippen molar-refractivity contribution in [3.63, 3.8) is 0 Å². The Bertz CT molecular complexity index is 595. The Morgan fingerprint density at radius 1 is 1.25 bits per heavy atom. The molecule has 0 aromatic heterocycles. The third-order valence-electron chi connectivity index (χ3n) is 4.49. The number of nitrogens with one attached hydrogen (secondary N) is 3. The van der Waals surface area contributed by atoms with Gasteiger partial charge in [-0.15, -0.1) is 0 Å². The summed E-state index contributed by atoms with van der Waals surface area (Å²) in [6.07, 6.45) is -1.02. The summed E-state index contributed by atoms with van der Waals surface area (Å²) in [5.74, 6) is -1.15. The number of carbonyl (C=O) groups is 1. The van der Waals surface area contributed by atoms with Crippen LogP contribution >= 0.6 is 0 Å². The van der Waals surface area contributed by atoms with E-state index in [0.29, 0.717) is 12.8 Å². The number of piperidine rings is 1. The number of nitrogens with zero attached hydrogens (tertiary/aromatic N) is 1. The maximum absolute atomic E-state index is 14.3. The highest BCUT2D eigenvalue weighted by Gasteiger charge is 2.29. The van der Waals surface area contributed by atoms with Crippen molar-refractivity contribution in [2.24, 2.45) is 0 Å². The SMILES string of the molecule is O=C(NC1CCC(O)NC1O)c1ccc(N2CCNCC2)cc1F. The minimum atomic E-state index is -1.05. The molecule has 8 heteroatoms. The third kappa shape index (κ3) is 3.84. The molecule has 7 nitrogen and oxygen atoms in total. The molecular formula is C16H23FN4O3. The second-order valence-electron chi connectivity index (χ2n) is 6.19. The zero-order valence-corrected chi connectivity index (χ0v) is 13.3. The summed E-state index contributed by atoms with van der Waals surface area (Å²) >= 11 is 0. The van der Waals surface area contributed by atoms with Crippen molar-refractivity contribution in [1.82, 2.24) is 16.0 Å². The van der Waals surface area contributed by atoms with Crippen LogP contribution in [0.3, 0.4) is 0 Å². The Labute approximate surface area is 139 Å². The van der Waals surface area contributed by atoms with Crippen LogP contribution in [0.5, 0.6) is 0 Å². The van der Waals surface area contributed by atoms with Crippen LogP contribution in [0.1, 0.15) is 23.2 Å². The van der Waals surface area contributed by atoms with E-state index in [2.05, 4.69) is 20.9 Å². The number of rotatable bonds is 3. The lowest BCUT2D eigenvalue weighted by atomic mass is 10.0. The fourth-order valence-electron chi connectivity index (χ4n) is 3.10. The number of piperazine rings is 1. The Hall–Kier alpha value is -1.74. The Morgan fingerprint density at radius 3 is 2.67 bits per heavy atom. The van der Waals surface area contributed by atoms with E-state index in [4.69, 9.17) is 0 Å². The molecule has 1 aromatic rings. The quantitative estimate of drug-likeness (QED) is 0.503. The summed E-state index contributed by atoms with van der Waals surface area (Å²) < 4.78 is 14.3. The first-order valence-corrected chi connectivity index (χ1v) is 8.23. The number of amides is 1. The van der Waals surface area contributed by atoms with E-state index < -0.39 is 30.2 Å². The number of hydrogen-bond acceptors (Lipinski definition) is 6. The number of hydrogen-bond donors (Lipinski definition) is 5. The maximum Gasteiger partial charge on any atom is 0.254 e. The number of anilines is 1. The van der Waals surface area contributed by atoms with E-state index in [-0.39, 0.29) is 5.56 Å². The molecule has 1 aromatic carbocycles. The predicted molar refractivity (Wildman–Crippen MR) is 87.1 cm³/mol. The van der Waals surface area contributed by atoms with Gasteiger partial charge in [-0.1, -0.05) is 0 Å². The third-order valence-corrected chi connectivity index (χ3v) is 4.49. The summed E-state index contributed by atoms with van der Waals surface area (Å²) in [5, 5.41) is 27.6. The average molecular weight is 338 g/mol. The van der Waals surface area contributed by atoms with Crippen LogP contribution in [-0.4, -0.2) is 60.8 Å². The fourth-order valence-corrected chi connectivity index (χ4v) is 3.10. The van der Waals surface area contributed by atoms with Crippen LogP contribution in [0.4, 0.5) is 10.1 Å². The van der Waals surface area contributed by atoms with Gasteiger partial charge >= 0.3 is 0 Å². The predicted octanol–water partition coefficient (Wildman–Crippen LogP) is -0.646. The smallest absolute Gasteiger partial charge is 0.254 e. The molecule has 2 fully saturated rings. The van der Waals surface area contributed by atoms with E-state index in [9.17, 15) is 19.4 Å². The summed E-state index contributed by atoms with van der Waals surface area (Å²) in [6, 6.07) is 4.02. The molecule has 24 heavy (non-hydrogen) atoms. The van der Waals surface area contributed by atoms with Crippen molar-refractivity contribution in [1.29, 1.82) is 0 Å². The first-order chi connectivity index (χ1) is 11.5. The number of benzene rings is 1. The van der Waals surface area contributed by atoms with Crippen molar-refractivity contribution in [3.05, 3.63) is 29.6 Å². The van der Waals surface area contributed by atoms with Crippen LogP contribution in [0.2, 0.25) is 0 Å². The molecule has 0 bridgehead atoms. The molecule has 3 rings (SSSR count). The van der Waals surface area contributed by atoms with Gasteiger partial charge in [0, 0.05) is 31.9 Å². The second-order valence-corrected chi connectivity index (χ2v) is 6.19. The molecule has 0 saturated carbocycles. The van der Waals surface area contributed by atoms with Gasteiger partial charge in [-0.2, -0.15) is 0 Å². The Kier molecular flexibility index (Phi) is 5.30. The molecular weight excluding hydrogens is 315 g/mol. The zero-order valence-electron chi connectivity index (χ0n) is 13.3. The van der Waals surface area contributed by atoms with Crippen LogP contribution in [-0.2, 0) is 0 Å².